The van der Waals surface area contributed by atoms with Gasteiger partial charge >= 0.3 is 0 Å². The second kappa shape index (κ2) is 7.53. The molecule has 0 spiro atoms. The van der Waals surface area contributed by atoms with Crippen molar-refractivity contribution in [2.24, 2.45) is 0 Å². The molecule has 4 rings (SSSR count). The number of carbonyl (C=O) groups is 1. The minimum atomic E-state index is 0.163. The molecule has 2 aromatic carbocycles. The number of carbonyl (C=O) groups excluding carboxylic acids is 1. The summed E-state index contributed by atoms with van der Waals surface area (Å²) in [5.74, 6) is 0.971. The zero-order chi connectivity index (χ0) is 18.8. The van der Waals surface area contributed by atoms with Gasteiger partial charge in [-0.3, -0.25) is 4.79 Å². The average molecular weight is 378 g/mol. The van der Waals surface area contributed by atoms with E-state index in [1.54, 1.807) is 18.4 Å². The van der Waals surface area contributed by atoms with E-state index in [-0.39, 0.29) is 5.91 Å². The van der Waals surface area contributed by atoms with Crippen LogP contribution < -0.4 is 4.74 Å². The third-order valence-corrected chi connectivity index (χ3v) is 6.03. The van der Waals surface area contributed by atoms with Gasteiger partial charge in [0.05, 0.1) is 25.8 Å². The topological polar surface area (TPSA) is 42.4 Å². The zero-order valence-electron chi connectivity index (χ0n) is 15.6. The maximum Gasteiger partial charge on any atom is 0.227 e. The van der Waals surface area contributed by atoms with E-state index in [4.69, 9.17) is 9.72 Å². The average Bonchev–Trinajstić information content (AvgIpc) is 3.12. The number of nitrogens with zero attached hydrogens (tertiary/aromatic N) is 2. The molecule has 138 valence electrons. The number of aromatic nitrogens is 1. The summed E-state index contributed by atoms with van der Waals surface area (Å²) in [4.78, 5) is 20.7. The van der Waals surface area contributed by atoms with Crippen molar-refractivity contribution >= 4 is 17.2 Å². The second-order valence-corrected chi connectivity index (χ2v) is 7.93. The van der Waals surface area contributed by atoms with E-state index >= 15 is 0 Å². The first-order chi connectivity index (χ1) is 13.1. The number of benzene rings is 2. The lowest BCUT2D eigenvalue weighted by atomic mass is 10.1. The Hall–Kier alpha value is -2.66. The fraction of sp³-hybridized carbons (Fsp3) is 0.273. The molecule has 0 N–H and O–H groups in total. The Morgan fingerprint density at radius 3 is 2.59 bits per heavy atom. The number of hydrogen-bond acceptors (Lipinski definition) is 4. The number of rotatable bonds is 4. The van der Waals surface area contributed by atoms with Crippen LogP contribution in [0.25, 0.3) is 10.6 Å². The highest BCUT2D eigenvalue weighted by Crippen LogP contribution is 2.32. The normalized spacial score (nSPS) is 13.3. The fourth-order valence-corrected chi connectivity index (χ4v) is 4.39. The van der Waals surface area contributed by atoms with Gasteiger partial charge in [0.15, 0.2) is 0 Å². The van der Waals surface area contributed by atoms with Gasteiger partial charge < -0.3 is 9.64 Å². The van der Waals surface area contributed by atoms with Gasteiger partial charge in [0.25, 0.3) is 0 Å². The number of amides is 1. The smallest absolute Gasteiger partial charge is 0.227 e. The van der Waals surface area contributed by atoms with Crippen molar-refractivity contribution < 1.29 is 9.53 Å². The molecule has 1 aliphatic heterocycles. The Kier molecular flexibility index (Phi) is 4.94. The number of hydrogen-bond donors (Lipinski definition) is 0. The van der Waals surface area contributed by atoms with Gasteiger partial charge in [0.2, 0.25) is 5.91 Å². The highest BCUT2D eigenvalue weighted by Gasteiger charge is 2.24. The Bertz CT molecular complexity index is 945. The van der Waals surface area contributed by atoms with Crippen LogP contribution in [0.5, 0.6) is 5.75 Å². The van der Waals surface area contributed by atoms with Gasteiger partial charge in [-0.2, -0.15) is 0 Å². The van der Waals surface area contributed by atoms with Crippen LogP contribution in [0.1, 0.15) is 21.7 Å². The minimum Gasteiger partial charge on any atom is -0.497 e. The molecule has 2 heterocycles. The summed E-state index contributed by atoms with van der Waals surface area (Å²) in [6, 6.07) is 16.2. The molecule has 0 aliphatic carbocycles. The molecule has 0 bridgehead atoms. The van der Waals surface area contributed by atoms with Crippen molar-refractivity contribution in [2.75, 3.05) is 13.7 Å². The van der Waals surface area contributed by atoms with Crippen LogP contribution in [0.4, 0.5) is 0 Å². The van der Waals surface area contributed by atoms with Crippen molar-refractivity contribution in [3.63, 3.8) is 0 Å². The van der Waals surface area contributed by atoms with Crippen molar-refractivity contribution in [3.8, 4) is 16.3 Å². The lowest BCUT2D eigenvalue weighted by Gasteiger charge is -2.26. The number of ether oxygens (including phenoxy) is 1. The molecule has 0 unspecified atom stereocenters. The first-order valence-electron chi connectivity index (χ1n) is 9.08. The molecular weight excluding hydrogens is 356 g/mol. The summed E-state index contributed by atoms with van der Waals surface area (Å²) >= 11 is 1.71. The van der Waals surface area contributed by atoms with Crippen LogP contribution in [0, 0.1) is 6.92 Å². The van der Waals surface area contributed by atoms with Crippen molar-refractivity contribution in [1.29, 1.82) is 0 Å². The van der Waals surface area contributed by atoms with E-state index in [0.717, 1.165) is 40.5 Å². The molecular formula is C22H22N2O2S. The number of thiazole rings is 1. The molecule has 5 heteroatoms. The van der Waals surface area contributed by atoms with E-state index in [9.17, 15) is 4.79 Å². The molecule has 3 aromatic rings. The van der Waals surface area contributed by atoms with E-state index in [0.29, 0.717) is 13.0 Å². The molecule has 4 nitrogen and oxygen atoms in total. The maximum atomic E-state index is 12.7. The highest BCUT2D eigenvalue weighted by molar-refractivity contribution is 7.15. The molecule has 1 aliphatic rings. The molecule has 0 atom stereocenters. The van der Waals surface area contributed by atoms with E-state index in [1.807, 2.05) is 29.2 Å². The van der Waals surface area contributed by atoms with E-state index < -0.39 is 0 Å². The van der Waals surface area contributed by atoms with Crippen LogP contribution in [0.2, 0.25) is 0 Å². The van der Waals surface area contributed by atoms with Gasteiger partial charge in [-0.1, -0.05) is 42.0 Å². The maximum absolute atomic E-state index is 12.7. The minimum absolute atomic E-state index is 0.163. The van der Waals surface area contributed by atoms with Gasteiger partial charge in [0.1, 0.15) is 10.8 Å². The monoisotopic (exact) mass is 378 g/mol. The van der Waals surface area contributed by atoms with E-state index in [2.05, 4.69) is 31.2 Å². The molecule has 0 radical (unpaired) electrons. The third kappa shape index (κ3) is 3.88. The van der Waals surface area contributed by atoms with Crippen molar-refractivity contribution in [3.05, 3.63) is 70.2 Å². The Morgan fingerprint density at radius 1 is 1.15 bits per heavy atom. The largest absolute Gasteiger partial charge is 0.497 e. The predicted molar refractivity (Wildman–Crippen MR) is 108 cm³/mol. The molecule has 0 saturated carbocycles. The van der Waals surface area contributed by atoms with Gasteiger partial charge in [0, 0.05) is 23.4 Å². The molecule has 0 saturated heterocycles. The van der Waals surface area contributed by atoms with Gasteiger partial charge in [-0.05, 0) is 24.6 Å². The first-order valence-corrected chi connectivity index (χ1v) is 9.90. The molecule has 1 amide bonds. The Morgan fingerprint density at radius 2 is 1.89 bits per heavy atom. The molecule has 27 heavy (non-hydrogen) atoms. The number of fused-ring (bicyclic) bond motifs is 1. The van der Waals surface area contributed by atoms with Crippen molar-refractivity contribution in [2.45, 2.75) is 26.3 Å². The first kappa shape index (κ1) is 17.7. The second-order valence-electron chi connectivity index (χ2n) is 6.85. The lowest BCUT2D eigenvalue weighted by Crippen LogP contribution is -2.36. The Labute approximate surface area is 163 Å². The van der Waals surface area contributed by atoms with Gasteiger partial charge in [-0.25, -0.2) is 4.98 Å². The van der Waals surface area contributed by atoms with Crippen LogP contribution in [0.15, 0.2) is 48.5 Å². The summed E-state index contributed by atoms with van der Waals surface area (Å²) in [6.45, 7) is 3.48. The van der Waals surface area contributed by atoms with Crippen LogP contribution >= 0.6 is 11.3 Å². The predicted octanol–water partition coefficient (Wildman–Crippen LogP) is 4.25. The fourth-order valence-electron chi connectivity index (χ4n) is 3.26. The molecule has 1 aromatic heterocycles. The van der Waals surface area contributed by atoms with Gasteiger partial charge in [-0.15, -0.1) is 11.3 Å². The summed E-state index contributed by atoms with van der Waals surface area (Å²) in [5, 5.41) is 1.05. The van der Waals surface area contributed by atoms with Crippen LogP contribution in [0.3, 0.4) is 0 Å². The molecule has 0 fully saturated rings. The summed E-state index contributed by atoms with van der Waals surface area (Å²) < 4.78 is 5.17. The van der Waals surface area contributed by atoms with E-state index in [1.165, 1.54) is 10.4 Å². The zero-order valence-corrected chi connectivity index (χ0v) is 16.4. The third-order valence-electron chi connectivity index (χ3n) is 4.90. The number of methoxy groups -OCH3 is 1. The summed E-state index contributed by atoms with van der Waals surface area (Å²) in [7, 11) is 1.64. The quantitative estimate of drug-likeness (QED) is 0.681. The lowest BCUT2D eigenvalue weighted by molar-refractivity contribution is -0.131. The SMILES string of the molecule is COc1ccc(CC(=O)N2CCc3nc(-c4ccc(C)cc4)sc3C2)cc1. The Balaban J connectivity index is 1.45. The number of aryl methyl sites for hydroxylation is 1. The highest BCUT2D eigenvalue weighted by atomic mass is 32.1. The van der Waals surface area contributed by atoms with Crippen molar-refractivity contribution in [1.82, 2.24) is 9.88 Å². The van der Waals surface area contributed by atoms with Crippen LogP contribution in [-0.4, -0.2) is 29.4 Å². The standard InChI is InChI=1S/C22H22N2O2S/c1-15-3-7-17(8-4-15)22-23-19-11-12-24(14-20(19)27-22)21(25)13-16-5-9-18(26-2)10-6-16/h3-10H,11-14H2,1-2H3. The summed E-state index contributed by atoms with van der Waals surface area (Å²) in [5.41, 5.74) is 4.55. The summed E-state index contributed by atoms with van der Waals surface area (Å²) in [6.07, 6.45) is 1.25. The van der Waals surface area contributed by atoms with Crippen LogP contribution in [-0.2, 0) is 24.2 Å².